The van der Waals surface area contributed by atoms with Gasteiger partial charge in [-0.2, -0.15) is 0 Å². The molecule has 2 N–H and O–H groups in total. The SMILES string of the molecule is CCNC(=NCCN1CCC1)NC1CC2(CCCC2)Oc2ccccc21.I. The topological polar surface area (TPSA) is 48.9 Å². The molecular formula is C21H33IN4O. The summed E-state index contributed by atoms with van der Waals surface area (Å²) in [7, 11) is 0. The molecule has 5 nitrogen and oxygen atoms in total. The first kappa shape index (κ1) is 20.7. The van der Waals surface area contributed by atoms with Crippen molar-refractivity contribution in [3.63, 3.8) is 0 Å². The zero-order valence-electron chi connectivity index (χ0n) is 16.4. The van der Waals surface area contributed by atoms with E-state index in [4.69, 9.17) is 9.73 Å². The maximum Gasteiger partial charge on any atom is 0.191 e. The second-order valence-corrected chi connectivity index (χ2v) is 7.89. The van der Waals surface area contributed by atoms with E-state index in [1.165, 1.54) is 50.8 Å². The van der Waals surface area contributed by atoms with Gasteiger partial charge in [0.15, 0.2) is 5.96 Å². The first-order chi connectivity index (χ1) is 12.8. The second kappa shape index (κ2) is 9.45. The van der Waals surface area contributed by atoms with Crippen LogP contribution in [0.3, 0.4) is 0 Å². The summed E-state index contributed by atoms with van der Waals surface area (Å²) < 4.78 is 6.48. The number of hydrogen-bond acceptors (Lipinski definition) is 3. The van der Waals surface area contributed by atoms with Crippen LogP contribution in [-0.4, -0.2) is 49.2 Å². The minimum Gasteiger partial charge on any atom is -0.487 e. The Morgan fingerprint density at radius 1 is 1.22 bits per heavy atom. The van der Waals surface area contributed by atoms with E-state index in [-0.39, 0.29) is 35.6 Å². The Balaban J connectivity index is 0.00000210. The van der Waals surface area contributed by atoms with Crippen molar-refractivity contribution in [2.45, 2.75) is 57.1 Å². The molecule has 1 unspecified atom stereocenters. The molecule has 6 heteroatoms. The summed E-state index contributed by atoms with van der Waals surface area (Å²) in [5.74, 6) is 1.98. The summed E-state index contributed by atoms with van der Waals surface area (Å²) in [6, 6.07) is 8.77. The fraction of sp³-hybridized carbons (Fsp3) is 0.667. The number of aliphatic imine (C=N–C) groups is 1. The minimum atomic E-state index is 0. The standard InChI is InChI=1S/C21H32N4O.HI/c1-2-22-20(23-12-15-25-13-7-14-25)24-18-16-21(10-5-6-11-21)26-19-9-4-3-8-17(18)19;/h3-4,8-9,18H,2,5-7,10-16H2,1H3,(H2,22,23,24);1H. The van der Waals surface area contributed by atoms with E-state index in [0.717, 1.165) is 37.8 Å². The van der Waals surface area contributed by atoms with Gasteiger partial charge in [0.25, 0.3) is 0 Å². The monoisotopic (exact) mass is 484 g/mol. The molecule has 2 aliphatic heterocycles. The van der Waals surface area contributed by atoms with Crippen molar-refractivity contribution in [3.05, 3.63) is 29.8 Å². The third-order valence-corrected chi connectivity index (χ3v) is 6.00. The second-order valence-electron chi connectivity index (χ2n) is 7.89. The highest BCUT2D eigenvalue weighted by molar-refractivity contribution is 14.0. The fourth-order valence-electron chi connectivity index (χ4n) is 4.47. The molecule has 2 heterocycles. The molecule has 27 heavy (non-hydrogen) atoms. The summed E-state index contributed by atoms with van der Waals surface area (Å²) in [4.78, 5) is 7.29. The quantitative estimate of drug-likeness (QED) is 0.380. The van der Waals surface area contributed by atoms with Crippen LogP contribution in [0.5, 0.6) is 5.75 Å². The lowest BCUT2D eigenvalue weighted by molar-refractivity contribution is 0.0396. The summed E-state index contributed by atoms with van der Waals surface area (Å²) in [6.07, 6.45) is 7.26. The number of nitrogens with one attached hydrogen (secondary N) is 2. The van der Waals surface area contributed by atoms with Crippen molar-refractivity contribution in [1.29, 1.82) is 0 Å². The lowest BCUT2D eigenvalue weighted by atomic mass is 9.86. The first-order valence-corrected chi connectivity index (χ1v) is 10.3. The summed E-state index contributed by atoms with van der Waals surface area (Å²) in [5.41, 5.74) is 1.28. The predicted octanol–water partition coefficient (Wildman–Crippen LogP) is 3.70. The smallest absolute Gasteiger partial charge is 0.191 e. The fourth-order valence-corrected chi connectivity index (χ4v) is 4.47. The Morgan fingerprint density at radius 2 is 2.00 bits per heavy atom. The Hall–Kier alpha value is -1.02. The lowest BCUT2D eigenvalue weighted by Crippen LogP contribution is -2.47. The van der Waals surface area contributed by atoms with Crippen molar-refractivity contribution >= 4 is 29.9 Å². The predicted molar refractivity (Wildman–Crippen MR) is 121 cm³/mol. The molecule has 0 bridgehead atoms. The molecule has 1 atom stereocenters. The van der Waals surface area contributed by atoms with Crippen LogP contribution >= 0.6 is 24.0 Å². The van der Waals surface area contributed by atoms with Crippen molar-refractivity contribution in [2.24, 2.45) is 4.99 Å². The Bertz CT molecular complexity index is 641. The molecule has 150 valence electrons. The summed E-state index contributed by atoms with van der Waals surface area (Å²) in [6.45, 7) is 7.38. The van der Waals surface area contributed by atoms with Gasteiger partial charge in [-0.05, 0) is 58.2 Å². The zero-order valence-corrected chi connectivity index (χ0v) is 18.7. The summed E-state index contributed by atoms with van der Waals surface area (Å²) >= 11 is 0. The number of likely N-dealkylation sites (tertiary alicyclic amines) is 1. The van der Waals surface area contributed by atoms with Gasteiger partial charge in [-0.25, -0.2) is 0 Å². The molecule has 1 aromatic carbocycles. The Labute approximate surface area is 180 Å². The van der Waals surface area contributed by atoms with Crippen molar-refractivity contribution in [3.8, 4) is 5.75 Å². The van der Waals surface area contributed by atoms with Gasteiger partial charge in [-0.3, -0.25) is 4.99 Å². The van der Waals surface area contributed by atoms with Crippen LogP contribution in [0.2, 0.25) is 0 Å². The van der Waals surface area contributed by atoms with Crippen LogP contribution in [0.1, 0.15) is 57.1 Å². The number of benzene rings is 1. The van der Waals surface area contributed by atoms with Crippen LogP contribution in [0.25, 0.3) is 0 Å². The van der Waals surface area contributed by atoms with E-state index < -0.39 is 0 Å². The molecule has 1 saturated heterocycles. The molecule has 1 saturated carbocycles. The number of rotatable bonds is 5. The van der Waals surface area contributed by atoms with Crippen molar-refractivity contribution in [2.75, 3.05) is 32.7 Å². The van der Waals surface area contributed by atoms with Crippen LogP contribution in [0.15, 0.2) is 29.3 Å². The van der Waals surface area contributed by atoms with E-state index in [2.05, 4.69) is 46.7 Å². The van der Waals surface area contributed by atoms with Gasteiger partial charge in [0.2, 0.25) is 0 Å². The average molecular weight is 484 g/mol. The highest BCUT2D eigenvalue weighted by Crippen LogP contribution is 2.46. The molecule has 0 aromatic heterocycles. The summed E-state index contributed by atoms with van der Waals surface area (Å²) in [5, 5.41) is 7.14. The van der Waals surface area contributed by atoms with Gasteiger partial charge in [0, 0.05) is 25.1 Å². The van der Waals surface area contributed by atoms with E-state index in [9.17, 15) is 0 Å². The molecular weight excluding hydrogens is 451 g/mol. The van der Waals surface area contributed by atoms with E-state index in [1.807, 2.05) is 0 Å². The molecule has 4 rings (SSSR count). The van der Waals surface area contributed by atoms with Crippen molar-refractivity contribution < 1.29 is 4.74 Å². The van der Waals surface area contributed by atoms with Gasteiger partial charge >= 0.3 is 0 Å². The number of para-hydroxylation sites is 1. The molecule has 3 aliphatic rings. The Morgan fingerprint density at radius 3 is 2.70 bits per heavy atom. The number of guanidine groups is 1. The molecule has 1 spiro atoms. The van der Waals surface area contributed by atoms with Crippen LogP contribution in [0, 0.1) is 0 Å². The number of nitrogens with zero attached hydrogens (tertiary/aromatic N) is 2. The average Bonchev–Trinajstić information content (AvgIpc) is 3.04. The molecule has 2 fully saturated rings. The number of ether oxygens (including phenoxy) is 1. The highest BCUT2D eigenvalue weighted by atomic mass is 127. The van der Waals surface area contributed by atoms with Gasteiger partial charge in [0.1, 0.15) is 11.4 Å². The third kappa shape index (κ3) is 4.88. The van der Waals surface area contributed by atoms with E-state index in [1.54, 1.807) is 0 Å². The van der Waals surface area contributed by atoms with Gasteiger partial charge in [-0.1, -0.05) is 18.2 Å². The third-order valence-electron chi connectivity index (χ3n) is 6.00. The van der Waals surface area contributed by atoms with Gasteiger partial charge in [0.05, 0.1) is 12.6 Å². The normalized spacial score (nSPS) is 23.7. The van der Waals surface area contributed by atoms with Gasteiger partial charge < -0.3 is 20.3 Å². The van der Waals surface area contributed by atoms with E-state index in [0.29, 0.717) is 0 Å². The van der Waals surface area contributed by atoms with Gasteiger partial charge in [-0.15, -0.1) is 24.0 Å². The lowest BCUT2D eigenvalue weighted by Gasteiger charge is -2.40. The number of halogens is 1. The maximum absolute atomic E-state index is 6.48. The van der Waals surface area contributed by atoms with Crippen LogP contribution < -0.4 is 15.4 Å². The molecule has 0 amide bonds. The molecule has 0 radical (unpaired) electrons. The largest absolute Gasteiger partial charge is 0.487 e. The van der Waals surface area contributed by atoms with Crippen LogP contribution in [0.4, 0.5) is 0 Å². The number of fused-ring (bicyclic) bond motifs is 1. The molecule has 1 aliphatic carbocycles. The van der Waals surface area contributed by atoms with E-state index >= 15 is 0 Å². The van der Waals surface area contributed by atoms with Crippen LogP contribution in [-0.2, 0) is 0 Å². The maximum atomic E-state index is 6.48. The number of hydrogen-bond donors (Lipinski definition) is 2. The zero-order chi connectivity index (χ0) is 17.8. The highest BCUT2D eigenvalue weighted by Gasteiger charge is 2.43. The first-order valence-electron chi connectivity index (χ1n) is 10.3. The molecule has 1 aromatic rings. The Kier molecular flexibility index (Phi) is 7.25. The van der Waals surface area contributed by atoms with Crippen molar-refractivity contribution in [1.82, 2.24) is 15.5 Å². The minimum absolute atomic E-state index is 0.